The molecule has 0 fully saturated rings. The summed E-state index contributed by atoms with van der Waals surface area (Å²) in [6.07, 6.45) is 1.90. The number of Topliss-reactive ketones (excluding diaryl/α,β-unsaturated/α-hetero) is 2. The Morgan fingerprint density at radius 2 is 1.48 bits per heavy atom. The van der Waals surface area contributed by atoms with Crippen LogP contribution in [0.2, 0.25) is 0 Å². The van der Waals surface area contributed by atoms with E-state index in [0.29, 0.717) is 11.1 Å². The van der Waals surface area contributed by atoms with Crippen LogP contribution >= 0.6 is 0 Å². The number of hydrogen-bond acceptors (Lipinski definition) is 2. The molecule has 4 heteroatoms. The number of para-hydroxylation sites is 2. The van der Waals surface area contributed by atoms with Crippen molar-refractivity contribution in [3.8, 4) is 0 Å². The molecule has 0 amide bonds. The summed E-state index contributed by atoms with van der Waals surface area (Å²) in [5.41, 5.74) is 5.28. The van der Waals surface area contributed by atoms with Crippen LogP contribution in [0.4, 0.5) is 0 Å². The molecule has 4 aromatic rings. The van der Waals surface area contributed by atoms with Crippen LogP contribution in [0.1, 0.15) is 28.5 Å². The van der Waals surface area contributed by atoms with Gasteiger partial charge in [-0.15, -0.1) is 0 Å². The summed E-state index contributed by atoms with van der Waals surface area (Å²) in [6.45, 7) is 1.73. The Morgan fingerprint density at radius 1 is 0.800 bits per heavy atom. The third-order valence-electron chi connectivity index (χ3n) is 4.96. The maximum absolute atomic E-state index is 12.7. The van der Waals surface area contributed by atoms with E-state index in [1.54, 1.807) is 6.92 Å². The second kappa shape index (κ2) is 4.80. The lowest BCUT2D eigenvalue weighted by atomic mass is 9.84. The number of allylic oxidation sites excluding steroid dienone is 1. The largest absolute Gasteiger partial charge is 0.361 e. The highest BCUT2D eigenvalue weighted by molar-refractivity contribution is 6.54. The quantitative estimate of drug-likeness (QED) is 0.514. The molecule has 25 heavy (non-hydrogen) atoms. The molecule has 2 aromatic carbocycles. The van der Waals surface area contributed by atoms with Gasteiger partial charge < -0.3 is 9.97 Å². The van der Waals surface area contributed by atoms with Gasteiger partial charge in [0.25, 0.3) is 0 Å². The molecule has 2 aromatic heterocycles. The highest BCUT2D eigenvalue weighted by Crippen LogP contribution is 2.40. The SMILES string of the molecule is CC1=C(c2c[nH]c3ccccc23)c2[nH]c3ccccc3c2C(=O)C1=O. The fourth-order valence-electron chi connectivity index (χ4n) is 3.77. The Kier molecular flexibility index (Phi) is 2.69. The maximum atomic E-state index is 12.7. The molecule has 4 nitrogen and oxygen atoms in total. The number of carbonyl (C=O) groups excluding carboxylic acids is 2. The average Bonchev–Trinajstić information content (AvgIpc) is 3.22. The summed E-state index contributed by atoms with van der Waals surface area (Å²) in [5.74, 6) is -0.869. The van der Waals surface area contributed by atoms with Gasteiger partial charge in [-0.2, -0.15) is 0 Å². The summed E-state index contributed by atoms with van der Waals surface area (Å²) in [5, 5.41) is 1.82. The summed E-state index contributed by atoms with van der Waals surface area (Å²) in [7, 11) is 0. The third kappa shape index (κ3) is 1.76. The summed E-state index contributed by atoms with van der Waals surface area (Å²) in [6, 6.07) is 15.5. The number of ketones is 2. The lowest BCUT2D eigenvalue weighted by Gasteiger charge is -2.16. The van der Waals surface area contributed by atoms with Gasteiger partial charge in [-0.05, 0) is 19.1 Å². The lowest BCUT2D eigenvalue weighted by molar-refractivity contribution is -0.111. The molecule has 0 radical (unpaired) electrons. The maximum Gasteiger partial charge on any atom is 0.235 e. The minimum Gasteiger partial charge on any atom is -0.361 e. The van der Waals surface area contributed by atoms with Crippen molar-refractivity contribution in [2.45, 2.75) is 6.92 Å². The first-order chi connectivity index (χ1) is 12.2. The second-order valence-corrected chi connectivity index (χ2v) is 6.33. The Balaban J connectivity index is 1.91. The Bertz CT molecular complexity index is 1240. The molecule has 2 heterocycles. The van der Waals surface area contributed by atoms with E-state index in [-0.39, 0.29) is 0 Å². The zero-order chi connectivity index (χ0) is 17.1. The monoisotopic (exact) mass is 326 g/mol. The summed E-state index contributed by atoms with van der Waals surface area (Å²) in [4.78, 5) is 31.9. The molecule has 2 N–H and O–H groups in total. The first-order valence-electron chi connectivity index (χ1n) is 8.14. The van der Waals surface area contributed by atoms with Crippen molar-refractivity contribution in [2.24, 2.45) is 0 Å². The number of carbonyl (C=O) groups is 2. The van der Waals surface area contributed by atoms with E-state index < -0.39 is 11.6 Å². The number of hydrogen-bond donors (Lipinski definition) is 2. The van der Waals surface area contributed by atoms with E-state index in [1.165, 1.54) is 0 Å². The molecule has 0 saturated heterocycles. The number of H-pyrrole nitrogens is 2. The topological polar surface area (TPSA) is 65.7 Å². The van der Waals surface area contributed by atoms with Gasteiger partial charge in [-0.3, -0.25) is 9.59 Å². The van der Waals surface area contributed by atoms with Crippen LogP contribution in [-0.4, -0.2) is 21.5 Å². The van der Waals surface area contributed by atoms with Gasteiger partial charge in [-0.25, -0.2) is 0 Å². The van der Waals surface area contributed by atoms with E-state index in [9.17, 15) is 9.59 Å². The van der Waals surface area contributed by atoms with E-state index in [2.05, 4.69) is 9.97 Å². The van der Waals surface area contributed by atoms with Crippen molar-refractivity contribution >= 4 is 38.9 Å². The Labute approximate surface area is 143 Å². The van der Waals surface area contributed by atoms with Crippen LogP contribution < -0.4 is 0 Å². The number of fused-ring (bicyclic) bond motifs is 4. The van der Waals surface area contributed by atoms with Crippen LogP contribution in [-0.2, 0) is 4.79 Å². The van der Waals surface area contributed by atoms with Crippen molar-refractivity contribution < 1.29 is 9.59 Å². The van der Waals surface area contributed by atoms with Gasteiger partial charge in [0.15, 0.2) is 0 Å². The molecular formula is C21H14N2O2. The molecule has 0 atom stereocenters. The molecule has 5 rings (SSSR count). The van der Waals surface area contributed by atoms with E-state index in [4.69, 9.17) is 0 Å². The lowest BCUT2D eigenvalue weighted by Crippen LogP contribution is -2.22. The van der Waals surface area contributed by atoms with Gasteiger partial charge in [0.2, 0.25) is 11.6 Å². The summed E-state index contributed by atoms with van der Waals surface area (Å²) >= 11 is 0. The molecular weight excluding hydrogens is 312 g/mol. The molecule has 0 spiro atoms. The van der Waals surface area contributed by atoms with E-state index in [0.717, 1.165) is 38.6 Å². The fourth-order valence-corrected chi connectivity index (χ4v) is 3.77. The van der Waals surface area contributed by atoms with Crippen molar-refractivity contribution in [3.63, 3.8) is 0 Å². The average molecular weight is 326 g/mol. The van der Waals surface area contributed by atoms with Crippen LogP contribution in [0.3, 0.4) is 0 Å². The first-order valence-corrected chi connectivity index (χ1v) is 8.14. The van der Waals surface area contributed by atoms with Gasteiger partial charge in [0, 0.05) is 44.7 Å². The molecule has 1 aliphatic rings. The van der Waals surface area contributed by atoms with Gasteiger partial charge in [-0.1, -0.05) is 36.4 Å². The van der Waals surface area contributed by atoms with Crippen molar-refractivity contribution in [2.75, 3.05) is 0 Å². The molecule has 0 aliphatic heterocycles. The van der Waals surface area contributed by atoms with Crippen LogP contribution in [0.25, 0.3) is 27.4 Å². The number of aromatic amines is 2. The highest BCUT2D eigenvalue weighted by Gasteiger charge is 2.34. The minimum absolute atomic E-state index is 0.433. The number of aromatic nitrogens is 2. The number of benzene rings is 2. The van der Waals surface area contributed by atoms with Crippen LogP contribution in [0.5, 0.6) is 0 Å². The van der Waals surface area contributed by atoms with Crippen LogP contribution in [0, 0.1) is 0 Å². The van der Waals surface area contributed by atoms with Gasteiger partial charge >= 0.3 is 0 Å². The molecule has 1 aliphatic carbocycles. The van der Waals surface area contributed by atoms with Crippen LogP contribution in [0.15, 0.2) is 60.3 Å². The smallest absolute Gasteiger partial charge is 0.235 e. The standard InChI is InChI=1S/C21H14N2O2/c1-11-17(14-10-22-15-8-4-2-6-12(14)15)19-18(21(25)20(11)24)13-7-3-5-9-16(13)23-19/h2-10,22-23H,1H3. The molecule has 0 saturated carbocycles. The van der Waals surface area contributed by atoms with E-state index >= 15 is 0 Å². The van der Waals surface area contributed by atoms with E-state index in [1.807, 2.05) is 54.7 Å². The number of rotatable bonds is 1. The molecule has 120 valence electrons. The zero-order valence-electron chi connectivity index (χ0n) is 13.5. The zero-order valence-corrected chi connectivity index (χ0v) is 13.5. The Hall–Kier alpha value is -3.40. The fraction of sp³-hybridized carbons (Fsp3) is 0.0476. The number of nitrogens with one attached hydrogen (secondary N) is 2. The first kappa shape index (κ1) is 14.0. The third-order valence-corrected chi connectivity index (χ3v) is 4.96. The van der Waals surface area contributed by atoms with Gasteiger partial charge in [0.1, 0.15) is 0 Å². The van der Waals surface area contributed by atoms with Gasteiger partial charge in [0.05, 0.1) is 11.3 Å². The highest BCUT2D eigenvalue weighted by atomic mass is 16.2. The molecule has 0 bridgehead atoms. The predicted octanol–water partition coefficient (Wildman–Crippen LogP) is 4.24. The Morgan fingerprint density at radius 3 is 2.28 bits per heavy atom. The van der Waals surface area contributed by atoms with Crippen molar-refractivity contribution in [3.05, 3.63) is 77.1 Å². The van der Waals surface area contributed by atoms with Crippen molar-refractivity contribution in [1.29, 1.82) is 0 Å². The van der Waals surface area contributed by atoms with Crippen molar-refractivity contribution in [1.82, 2.24) is 9.97 Å². The minimum atomic E-state index is -0.437. The molecule has 0 unspecified atom stereocenters. The summed E-state index contributed by atoms with van der Waals surface area (Å²) < 4.78 is 0. The predicted molar refractivity (Wildman–Crippen MR) is 97.6 cm³/mol. The second-order valence-electron chi connectivity index (χ2n) is 6.33. The normalized spacial score (nSPS) is 14.6.